The van der Waals surface area contributed by atoms with Crippen LogP contribution >= 0.6 is 27.5 Å². The standard InChI is InChI=1S/C13H18BrClO/c1-3-4-11(9-15)7-10-5-6-13(16-2)12(14)8-10/h5-6,8,11H,3-4,7,9H2,1-2H3. The SMILES string of the molecule is CCCC(CCl)Cc1ccc(OC)c(Br)c1. The summed E-state index contributed by atoms with van der Waals surface area (Å²) in [6.07, 6.45) is 3.42. The smallest absolute Gasteiger partial charge is 0.133 e. The average Bonchev–Trinajstić information content (AvgIpc) is 2.28. The van der Waals surface area contributed by atoms with E-state index in [-0.39, 0.29) is 0 Å². The zero-order chi connectivity index (χ0) is 12.0. The van der Waals surface area contributed by atoms with E-state index in [1.54, 1.807) is 7.11 Å². The first-order valence-electron chi connectivity index (χ1n) is 5.59. The molecule has 0 aliphatic rings. The van der Waals surface area contributed by atoms with Crippen molar-refractivity contribution in [1.82, 2.24) is 0 Å². The van der Waals surface area contributed by atoms with Gasteiger partial charge >= 0.3 is 0 Å². The summed E-state index contributed by atoms with van der Waals surface area (Å²) in [6.45, 7) is 2.20. The van der Waals surface area contributed by atoms with E-state index in [1.165, 1.54) is 18.4 Å². The number of methoxy groups -OCH3 is 1. The molecule has 0 aromatic heterocycles. The molecule has 0 radical (unpaired) electrons. The van der Waals surface area contributed by atoms with Crippen molar-refractivity contribution < 1.29 is 4.74 Å². The quantitative estimate of drug-likeness (QED) is 0.695. The lowest BCUT2D eigenvalue weighted by molar-refractivity contribution is 0.411. The highest BCUT2D eigenvalue weighted by atomic mass is 79.9. The highest BCUT2D eigenvalue weighted by Crippen LogP contribution is 2.27. The Morgan fingerprint density at radius 1 is 1.44 bits per heavy atom. The van der Waals surface area contributed by atoms with Gasteiger partial charge in [-0.25, -0.2) is 0 Å². The lowest BCUT2D eigenvalue weighted by Gasteiger charge is -2.13. The molecule has 1 unspecified atom stereocenters. The first kappa shape index (κ1) is 13.9. The predicted octanol–water partition coefficient (Wildman–Crippen LogP) is 4.66. The fraction of sp³-hybridized carbons (Fsp3) is 0.538. The molecular formula is C13H18BrClO. The van der Waals surface area contributed by atoms with Crippen molar-refractivity contribution in [2.24, 2.45) is 5.92 Å². The Labute approximate surface area is 111 Å². The zero-order valence-corrected chi connectivity index (χ0v) is 12.1. The minimum absolute atomic E-state index is 0.576. The van der Waals surface area contributed by atoms with E-state index in [9.17, 15) is 0 Å². The average molecular weight is 306 g/mol. The third-order valence-electron chi connectivity index (χ3n) is 2.66. The van der Waals surface area contributed by atoms with E-state index in [1.807, 2.05) is 6.07 Å². The fourth-order valence-electron chi connectivity index (χ4n) is 1.81. The number of rotatable bonds is 6. The van der Waals surface area contributed by atoms with Gasteiger partial charge in [0.2, 0.25) is 0 Å². The maximum Gasteiger partial charge on any atom is 0.133 e. The summed E-state index contributed by atoms with van der Waals surface area (Å²) in [5.74, 6) is 2.19. The van der Waals surface area contributed by atoms with E-state index in [0.717, 1.165) is 22.5 Å². The van der Waals surface area contributed by atoms with E-state index in [4.69, 9.17) is 16.3 Å². The van der Waals surface area contributed by atoms with E-state index < -0.39 is 0 Å². The minimum Gasteiger partial charge on any atom is -0.496 e. The van der Waals surface area contributed by atoms with Crippen LogP contribution in [0.25, 0.3) is 0 Å². The predicted molar refractivity (Wildman–Crippen MR) is 73.5 cm³/mol. The van der Waals surface area contributed by atoms with Gasteiger partial charge in [0.25, 0.3) is 0 Å². The van der Waals surface area contributed by atoms with Crippen molar-refractivity contribution in [2.75, 3.05) is 13.0 Å². The molecule has 1 atom stereocenters. The van der Waals surface area contributed by atoms with Gasteiger partial charge in [-0.1, -0.05) is 19.4 Å². The summed E-state index contributed by atoms with van der Waals surface area (Å²) in [6, 6.07) is 6.23. The largest absolute Gasteiger partial charge is 0.496 e. The molecule has 16 heavy (non-hydrogen) atoms. The summed E-state index contributed by atoms with van der Waals surface area (Å²) in [7, 11) is 1.68. The Morgan fingerprint density at radius 2 is 2.19 bits per heavy atom. The molecule has 0 amide bonds. The van der Waals surface area contributed by atoms with Gasteiger partial charge in [0.1, 0.15) is 5.75 Å². The summed E-state index contributed by atoms with van der Waals surface area (Å²) in [4.78, 5) is 0. The van der Waals surface area contributed by atoms with Crippen LogP contribution in [0.2, 0.25) is 0 Å². The van der Waals surface area contributed by atoms with Gasteiger partial charge in [-0.2, -0.15) is 0 Å². The number of benzene rings is 1. The second-order valence-corrected chi connectivity index (χ2v) is 5.14. The number of hydrogen-bond acceptors (Lipinski definition) is 1. The summed E-state index contributed by atoms with van der Waals surface area (Å²) in [5.41, 5.74) is 1.31. The number of ether oxygens (including phenoxy) is 1. The Morgan fingerprint density at radius 3 is 2.69 bits per heavy atom. The van der Waals surface area contributed by atoms with Crippen molar-refractivity contribution in [3.63, 3.8) is 0 Å². The van der Waals surface area contributed by atoms with E-state index in [2.05, 4.69) is 35.0 Å². The number of alkyl halides is 1. The van der Waals surface area contributed by atoms with Crippen LogP contribution in [0.4, 0.5) is 0 Å². The van der Waals surface area contributed by atoms with Gasteiger partial charge in [-0.3, -0.25) is 0 Å². The molecule has 1 aromatic rings. The van der Waals surface area contributed by atoms with Crippen LogP contribution in [0, 0.1) is 5.92 Å². The van der Waals surface area contributed by atoms with Gasteiger partial charge in [-0.15, -0.1) is 11.6 Å². The molecule has 0 saturated carbocycles. The third-order valence-corrected chi connectivity index (χ3v) is 3.71. The molecule has 1 nitrogen and oxygen atoms in total. The van der Waals surface area contributed by atoms with Gasteiger partial charge in [0, 0.05) is 5.88 Å². The van der Waals surface area contributed by atoms with Crippen LogP contribution in [0.5, 0.6) is 5.75 Å². The van der Waals surface area contributed by atoms with Crippen molar-refractivity contribution in [2.45, 2.75) is 26.2 Å². The molecule has 0 aliphatic carbocycles. The van der Waals surface area contributed by atoms with Crippen LogP contribution in [-0.4, -0.2) is 13.0 Å². The molecule has 0 saturated heterocycles. The molecule has 0 N–H and O–H groups in total. The van der Waals surface area contributed by atoms with Gasteiger partial charge < -0.3 is 4.74 Å². The van der Waals surface area contributed by atoms with E-state index in [0.29, 0.717) is 5.92 Å². The monoisotopic (exact) mass is 304 g/mol. The molecule has 90 valence electrons. The number of hydrogen-bond donors (Lipinski definition) is 0. The molecule has 1 rings (SSSR count). The van der Waals surface area contributed by atoms with E-state index >= 15 is 0 Å². The Kier molecular flexibility index (Phi) is 6.22. The van der Waals surface area contributed by atoms with Gasteiger partial charge in [-0.05, 0) is 52.4 Å². The van der Waals surface area contributed by atoms with Crippen molar-refractivity contribution >= 4 is 27.5 Å². The summed E-state index contributed by atoms with van der Waals surface area (Å²) >= 11 is 9.46. The summed E-state index contributed by atoms with van der Waals surface area (Å²) in [5, 5.41) is 0. The zero-order valence-electron chi connectivity index (χ0n) is 9.80. The minimum atomic E-state index is 0.576. The first-order chi connectivity index (χ1) is 7.71. The normalized spacial score (nSPS) is 12.5. The van der Waals surface area contributed by atoms with Crippen molar-refractivity contribution in [3.8, 4) is 5.75 Å². The molecule has 0 fully saturated rings. The van der Waals surface area contributed by atoms with Crippen molar-refractivity contribution in [1.29, 1.82) is 0 Å². The van der Waals surface area contributed by atoms with Crippen LogP contribution in [0.3, 0.4) is 0 Å². The van der Waals surface area contributed by atoms with Gasteiger partial charge in [0.15, 0.2) is 0 Å². The Hall–Kier alpha value is -0.210. The Balaban J connectivity index is 2.69. The summed E-state index contributed by atoms with van der Waals surface area (Å²) < 4.78 is 6.22. The first-order valence-corrected chi connectivity index (χ1v) is 6.92. The highest BCUT2D eigenvalue weighted by molar-refractivity contribution is 9.10. The molecule has 3 heteroatoms. The van der Waals surface area contributed by atoms with Crippen LogP contribution < -0.4 is 4.74 Å². The molecule has 0 bridgehead atoms. The topological polar surface area (TPSA) is 9.23 Å². The van der Waals surface area contributed by atoms with Gasteiger partial charge in [0.05, 0.1) is 11.6 Å². The van der Waals surface area contributed by atoms with Crippen molar-refractivity contribution in [3.05, 3.63) is 28.2 Å². The lowest BCUT2D eigenvalue weighted by atomic mass is 9.97. The molecule has 0 aliphatic heterocycles. The van der Waals surface area contributed by atoms with Crippen LogP contribution in [-0.2, 0) is 6.42 Å². The highest BCUT2D eigenvalue weighted by Gasteiger charge is 2.09. The Bertz CT molecular complexity index is 328. The molecular weight excluding hydrogens is 287 g/mol. The molecule has 0 heterocycles. The lowest BCUT2D eigenvalue weighted by Crippen LogP contribution is -2.06. The number of halogens is 2. The molecule has 0 spiro atoms. The maximum atomic E-state index is 5.96. The maximum absolute atomic E-state index is 5.96. The second-order valence-electron chi connectivity index (χ2n) is 3.98. The third kappa shape index (κ3) is 3.99. The van der Waals surface area contributed by atoms with Crippen LogP contribution in [0.15, 0.2) is 22.7 Å². The fourth-order valence-corrected chi connectivity index (χ4v) is 2.66. The second kappa shape index (κ2) is 7.18. The molecule has 1 aromatic carbocycles. The van der Waals surface area contributed by atoms with Crippen LogP contribution in [0.1, 0.15) is 25.3 Å².